The van der Waals surface area contributed by atoms with Gasteiger partial charge in [0, 0.05) is 19.3 Å². The van der Waals surface area contributed by atoms with Crippen molar-refractivity contribution in [2.45, 2.75) is 303 Å². The average molecular weight is 952 g/mol. The standard InChI is InChI=1S/C62H110O6/c1-4-7-10-13-16-19-22-25-26-27-28-29-30-31-32-33-34-35-36-38-40-43-46-49-52-55-61(64)67-58-59(57-66-60(63)54-51-48-45-42-39-24-21-18-15-12-9-6-3)68-62(65)56-53-50-47-44-41-37-23-20-17-14-11-8-5-2/h18,20-23,25,27-28,30-31,59H,4-17,19,24,26,29,32-58H2,1-3H3/b21-18-,23-20-,25-22-,28-27-,31-30-. The molecule has 0 amide bonds. The summed E-state index contributed by atoms with van der Waals surface area (Å²) < 4.78 is 16.8. The van der Waals surface area contributed by atoms with Gasteiger partial charge in [0.1, 0.15) is 13.2 Å². The number of rotatable bonds is 53. The number of carbonyl (C=O) groups is 3. The number of allylic oxidation sites excluding steroid dienone is 10. The van der Waals surface area contributed by atoms with E-state index in [1.54, 1.807) is 0 Å². The maximum Gasteiger partial charge on any atom is 0.306 e. The normalized spacial score (nSPS) is 12.5. The first-order chi connectivity index (χ1) is 33.5. The third-order valence-corrected chi connectivity index (χ3v) is 12.7. The number of ether oxygens (including phenoxy) is 3. The van der Waals surface area contributed by atoms with Gasteiger partial charge in [0.15, 0.2) is 6.10 Å². The quantitative estimate of drug-likeness (QED) is 0.0262. The molecule has 0 bridgehead atoms. The number of carbonyl (C=O) groups excluding carboxylic acids is 3. The van der Waals surface area contributed by atoms with Crippen molar-refractivity contribution < 1.29 is 28.6 Å². The van der Waals surface area contributed by atoms with Crippen LogP contribution in [0.15, 0.2) is 60.8 Å². The number of esters is 3. The molecule has 0 heterocycles. The third kappa shape index (κ3) is 54.1. The molecule has 6 heteroatoms. The average Bonchev–Trinajstić information content (AvgIpc) is 3.34. The van der Waals surface area contributed by atoms with E-state index in [2.05, 4.69) is 81.5 Å². The first kappa shape index (κ1) is 65.1. The Hall–Kier alpha value is -2.89. The van der Waals surface area contributed by atoms with Crippen molar-refractivity contribution in [3.8, 4) is 0 Å². The lowest BCUT2D eigenvalue weighted by atomic mass is 10.1. The van der Waals surface area contributed by atoms with Crippen LogP contribution in [0, 0.1) is 0 Å². The van der Waals surface area contributed by atoms with E-state index in [1.165, 1.54) is 167 Å². The Morgan fingerprint density at radius 2 is 0.529 bits per heavy atom. The molecule has 0 aromatic carbocycles. The van der Waals surface area contributed by atoms with Crippen molar-refractivity contribution in [1.29, 1.82) is 0 Å². The van der Waals surface area contributed by atoms with Crippen LogP contribution in [0.5, 0.6) is 0 Å². The number of hydrogen-bond donors (Lipinski definition) is 0. The Bertz CT molecular complexity index is 1230. The Labute approximate surface area is 421 Å². The van der Waals surface area contributed by atoms with Gasteiger partial charge in [0.25, 0.3) is 0 Å². The van der Waals surface area contributed by atoms with Crippen molar-refractivity contribution >= 4 is 17.9 Å². The molecule has 0 fully saturated rings. The maximum absolute atomic E-state index is 12.8. The lowest BCUT2D eigenvalue weighted by Crippen LogP contribution is -2.30. The zero-order chi connectivity index (χ0) is 49.3. The first-order valence-electron chi connectivity index (χ1n) is 29.3. The summed E-state index contributed by atoms with van der Waals surface area (Å²) in [6.45, 7) is 6.59. The summed E-state index contributed by atoms with van der Waals surface area (Å²) in [7, 11) is 0. The van der Waals surface area contributed by atoms with Crippen molar-refractivity contribution in [3.63, 3.8) is 0 Å². The fourth-order valence-electron chi connectivity index (χ4n) is 8.26. The molecule has 0 aromatic heterocycles. The van der Waals surface area contributed by atoms with Gasteiger partial charge in [-0.15, -0.1) is 0 Å². The molecule has 0 aliphatic rings. The highest BCUT2D eigenvalue weighted by Gasteiger charge is 2.19. The van der Waals surface area contributed by atoms with Crippen molar-refractivity contribution in [2.24, 2.45) is 0 Å². The summed E-state index contributed by atoms with van der Waals surface area (Å²) in [5.74, 6) is -0.894. The Morgan fingerprint density at radius 3 is 0.882 bits per heavy atom. The zero-order valence-electron chi connectivity index (χ0n) is 45.1. The lowest BCUT2D eigenvalue weighted by Gasteiger charge is -2.18. The van der Waals surface area contributed by atoms with E-state index in [9.17, 15) is 14.4 Å². The van der Waals surface area contributed by atoms with Gasteiger partial charge in [-0.2, -0.15) is 0 Å². The molecule has 0 aliphatic heterocycles. The largest absolute Gasteiger partial charge is 0.462 e. The predicted octanol–water partition coefficient (Wildman–Crippen LogP) is 19.6. The van der Waals surface area contributed by atoms with Crippen molar-refractivity contribution in [1.82, 2.24) is 0 Å². The van der Waals surface area contributed by atoms with Crippen LogP contribution >= 0.6 is 0 Å². The molecule has 1 atom stereocenters. The van der Waals surface area contributed by atoms with E-state index < -0.39 is 6.10 Å². The minimum absolute atomic E-state index is 0.0812. The summed E-state index contributed by atoms with van der Waals surface area (Å²) in [5.41, 5.74) is 0. The van der Waals surface area contributed by atoms with Crippen LogP contribution in [0.3, 0.4) is 0 Å². The van der Waals surface area contributed by atoms with Gasteiger partial charge in [-0.1, -0.05) is 229 Å². The van der Waals surface area contributed by atoms with Crippen LogP contribution in [0.1, 0.15) is 297 Å². The highest BCUT2D eigenvalue weighted by atomic mass is 16.6. The van der Waals surface area contributed by atoms with E-state index in [0.29, 0.717) is 19.3 Å². The molecule has 0 N–H and O–H groups in total. The molecule has 1 unspecified atom stereocenters. The lowest BCUT2D eigenvalue weighted by molar-refractivity contribution is -0.167. The molecule has 0 aromatic rings. The van der Waals surface area contributed by atoms with Crippen LogP contribution in [-0.2, 0) is 28.6 Å². The van der Waals surface area contributed by atoms with E-state index >= 15 is 0 Å². The van der Waals surface area contributed by atoms with Crippen LogP contribution < -0.4 is 0 Å². The molecular formula is C62H110O6. The van der Waals surface area contributed by atoms with Crippen LogP contribution in [0.25, 0.3) is 0 Å². The summed E-state index contributed by atoms with van der Waals surface area (Å²) >= 11 is 0. The molecule has 0 rings (SSSR count). The summed E-state index contributed by atoms with van der Waals surface area (Å²) in [6.07, 6.45) is 70.7. The molecule has 0 spiro atoms. The monoisotopic (exact) mass is 951 g/mol. The second kappa shape index (κ2) is 56.7. The van der Waals surface area contributed by atoms with E-state index in [4.69, 9.17) is 14.2 Å². The topological polar surface area (TPSA) is 78.9 Å². The molecule has 6 nitrogen and oxygen atoms in total. The maximum atomic E-state index is 12.8. The van der Waals surface area contributed by atoms with Crippen LogP contribution in [-0.4, -0.2) is 37.2 Å². The van der Waals surface area contributed by atoms with Gasteiger partial charge in [-0.25, -0.2) is 0 Å². The summed E-state index contributed by atoms with van der Waals surface area (Å²) in [5, 5.41) is 0. The van der Waals surface area contributed by atoms with Crippen LogP contribution in [0.4, 0.5) is 0 Å². The van der Waals surface area contributed by atoms with Crippen LogP contribution in [0.2, 0.25) is 0 Å². The predicted molar refractivity (Wildman–Crippen MR) is 293 cm³/mol. The van der Waals surface area contributed by atoms with Gasteiger partial charge in [0.05, 0.1) is 0 Å². The first-order valence-corrected chi connectivity index (χ1v) is 29.3. The molecule has 0 aliphatic carbocycles. The van der Waals surface area contributed by atoms with Gasteiger partial charge in [-0.3, -0.25) is 14.4 Å². The number of hydrogen-bond acceptors (Lipinski definition) is 6. The minimum Gasteiger partial charge on any atom is -0.462 e. The van der Waals surface area contributed by atoms with E-state index in [0.717, 1.165) is 89.9 Å². The molecule has 68 heavy (non-hydrogen) atoms. The SMILES string of the molecule is CCCCC/C=C\CCCCCCCC(=O)OCC(COC(=O)CCCCCCCCCCCC/C=C\C/C=C\C/C=C\CCCCCCC)OC(=O)CCCCCCC/C=C\CCCCCC. The van der Waals surface area contributed by atoms with Gasteiger partial charge in [0.2, 0.25) is 0 Å². The number of unbranched alkanes of at least 4 members (excludes halogenated alkanes) is 32. The fraction of sp³-hybridized carbons (Fsp3) is 0.790. The highest BCUT2D eigenvalue weighted by Crippen LogP contribution is 2.15. The third-order valence-electron chi connectivity index (χ3n) is 12.7. The van der Waals surface area contributed by atoms with Gasteiger partial charge >= 0.3 is 17.9 Å². The van der Waals surface area contributed by atoms with Gasteiger partial charge < -0.3 is 14.2 Å². The second-order valence-electron chi connectivity index (χ2n) is 19.5. The molecule has 0 saturated carbocycles. The fourth-order valence-corrected chi connectivity index (χ4v) is 8.26. The summed E-state index contributed by atoms with van der Waals surface area (Å²) in [4.78, 5) is 38.1. The Balaban J connectivity index is 4.26. The minimum atomic E-state index is -0.782. The molecule has 394 valence electrons. The summed E-state index contributed by atoms with van der Waals surface area (Å²) in [6, 6.07) is 0. The van der Waals surface area contributed by atoms with E-state index in [-0.39, 0.29) is 31.1 Å². The Morgan fingerprint density at radius 1 is 0.294 bits per heavy atom. The van der Waals surface area contributed by atoms with Crippen molar-refractivity contribution in [2.75, 3.05) is 13.2 Å². The van der Waals surface area contributed by atoms with Gasteiger partial charge in [-0.05, 0) is 109 Å². The smallest absolute Gasteiger partial charge is 0.306 e. The molecule has 0 radical (unpaired) electrons. The molecular weight excluding hydrogens is 841 g/mol. The van der Waals surface area contributed by atoms with E-state index in [1.807, 2.05) is 0 Å². The second-order valence-corrected chi connectivity index (χ2v) is 19.5. The van der Waals surface area contributed by atoms with Crippen molar-refractivity contribution in [3.05, 3.63) is 60.8 Å². The highest BCUT2D eigenvalue weighted by molar-refractivity contribution is 5.71. The zero-order valence-corrected chi connectivity index (χ0v) is 45.1. The molecule has 0 saturated heterocycles. The Kier molecular flexibility index (Phi) is 54.3.